The molecule has 2 rings (SSSR count). The number of halogens is 1. The number of nitrogens with zero attached hydrogens (tertiary/aromatic N) is 3. The van der Waals surface area contributed by atoms with Crippen LogP contribution in [-0.2, 0) is 6.54 Å². The van der Waals surface area contributed by atoms with Gasteiger partial charge >= 0.3 is 0 Å². The van der Waals surface area contributed by atoms with E-state index >= 15 is 0 Å². The van der Waals surface area contributed by atoms with Gasteiger partial charge in [-0.25, -0.2) is 4.39 Å². The summed E-state index contributed by atoms with van der Waals surface area (Å²) in [5.41, 5.74) is 1.85. The molecule has 1 aromatic carbocycles. The zero-order valence-corrected chi connectivity index (χ0v) is 10.1. The smallest absolute Gasteiger partial charge is 0.139 e. The van der Waals surface area contributed by atoms with Crippen LogP contribution < -0.4 is 4.74 Å². The van der Waals surface area contributed by atoms with Gasteiger partial charge in [-0.05, 0) is 31.2 Å². The van der Waals surface area contributed by atoms with Crippen molar-refractivity contribution in [3.8, 4) is 11.8 Å². The number of aryl methyl sites for hydroxylation is 1. The van der Waals surface area contributed by atoms with Gasteiger partial charge in [-0.2, -0.15) is 10.4 Å². The van der Waals surface area contributed by atoms with E-state index in [1.807, 2.05) is 0 Å². The maximum atomic E-state index is 13.2. The minimum absolute atomic E-state index is 0.303. The standard InChI is InChI=1S/C13H12FN3O/c1-9-5-12(7-15)17(16-9)8-10-6-11(14)3-4-13(10)18-2/h3-6H,8H2,1-2H3. The number of nitriles is 1. The molecular weight excluding hydrogens is 233 g/mol. The minimum Gasteiger partial charge on any atom is -0.496 e. The van der Waals surface area contributed by atoms with Crippen LogP contribution in [0.4, 0.5) is 4.39 Å². The van der Waals surface area contributed by atoms with Crippen LogP contribution in [0.1, 0.15) is 17.0 Å². The highest BCUT2D eigenvalue weighted by atomic mass is 19.1. The van der Waals surface area contributed by atoms with E-state index in [2.05, 4.69) is 11.2 Å². The summed E-state index contributed by atoms with van der Waals surface area (Å²) in [7, 11) is 1.52. The number of hydrogen-bond acceptors (Lipinski definition) is 3. The van der Waals surface area contributed by atoms with Crippen LogP contribution in [0.5, 0.6) is 5.75 Å². The lowest BCUT2D eigenvalue weighted by atomic mass is 10.2. The van der Waals surface area contributed by atoms with Crippen molar-refractivity contribution in [2.24, 2.45) is 0 Å². The predicted octanol–water partition coefficient (Wildman–Crippen LogP) is 2.26. The molecular formula is C13H12FN3O. The second-order valence-corrected chi connectivity index (χ2v) is 3.90. The van der Waals surface area contributed by atoms with Crippen molar-refractivity contribution in [1.29, 1.82) is 5.26 Å². The Morgan fingerprint density at radius 2 is 2.22 bits per heavy atom. The number of methoxy groups -OCH3 is 1. The van der Waals surface area contributed by atoms with E-state index in [1.165, 1.54) is 23.9 Å². The van der Waals surface area contributed by atoms with Crippen molar-refractivity contribution in [3.63, 3.8) is 0 Å². The number of hydrogen-bond donors (Lipinski definition) is 0. The van der Waals surface area contributed by atoms with Crippen molar-refractivity contribution in [2.75, 3.05) is 7.11 Å². The SMILES string of the molecule is COc1ccc(F)cc1Cn1nc(C)cc1C#N. The molecule has 5 heteroatoms. The molecule has 0 radical (unpaired) electrons. The maximum Gasteiger partial charge on any atom is 0.139 e. The van der Waals surface area contributed by atoms with Gasteiger partial charge in [0.25, 0.3) is 0 Å². The fourth-order valence-corrected chi connectivity index (χ4v) is 1.79. The van der Waals surface area contributed by atoms with Gasteiger partial charge in [-0.3, -0.25) is 4.68 Å². The molecule has 0 aliphatic rings. The predicted molar refractivity (Wildman–Crippen MR) is 63.7 cm³/mol. The molecule has 0 fully saturated rings. The topological polar surface area (TPSA) is 50.8 Å². The average Bonchev–Trinajstić information content (AvgIpc) is 2.70. The summed E-state index contributed by atoms with van der Waals surface area (Å²) in [5.74, 6) is 0.238. The van der Waals surface area contributed by atoms with E-state index in [9.17, 15) is 4.39 Å². The Morgan fingerprint density at radius 3 is 2.89 bits per heavy atom. The van der Waals surface area contributed by atoms with Crippen molar-refractivity contribution < 1.29 is 9.13 Å². The Labute approximate surface area is 104 Å². The molecule has 0 aliphatic heterocycles. The molecule has 0 bridgehead atoms. The molecule has 2 aromatic rings. The molecule has 0 saturated heterocycles. The highest BCUT2D eigenvalue weighted by Crippen LogP contribution is 2.20. The second kappa shape index (κ2) is 4.88. The van der Waals surface area contributed by atoms with Gasteiger partial charge in [0.2, 0.25) is 0 Å². The van der Waals surface area contributed by atoms with Gasteiger partial charge in [0.15, 0.2) is 0 Å². The molecule has 0 saturated carbocycles. The lowest BCUT2D eigenvalue weighted by Gasteiger charge is -2.09. The first-order chi connectivity index (χ1) is 8.63. The first-order valence-electron chi connectivity index (χ1n) is 5.41. The molecule has 0 N–H and O–H groups in total. The van der Waals surface area contributed by atoms with Gasteiger partial charge in [-0.15, -0.1) is 0 Å². The van der Waals surface area contributed by atoms with Crippen LogP contribution in [0.3, 0.4) is 0 Å². The molecule has 92 valence electrons. The van der Waals surface area contributed by atoms with Gasteiger partial charge in [0.05, 0.1) is 19.3 Å². The number of benzene rings is 1. The van der Waals surface area contributed by atoms with Crippen LogP contribution in [-0.4, -0.2) is 16.9 Å². The molecule has 0 atom stereocenters. The Balaban J connectivity index is 2.39. The molecule has 0 unspecified atom stereocenters. The number of rotatable bonds is 3. The molecule has 1 aromatic heterocycles. The molecule has 0 spiro atoms. The second-order valence-electron chi connectivity index (χ2n) is 3.90. The lowest BCUT2D eigenvalue weighted by molar-refractivity contribution is 0.405. The zero-order chi connectivity index (χ0) is 13.1. The summed E-state index contributed by atoms with van der Waals surface area (Å²) in [6.07, 6.45) is 0. The molecule has 18 heavy (non-hydrogen) atoms. The lowest BCUT2D eigenvalue weighted by Crippen LogP contribution is -2.06. The van der Waals surface area contributed by atoms with Crippen molar-refractivity contribution >= 4 is 0 Å². The number of ether oxygens (including phenoxy) is 1. The van der Waals surface area contributed by atoms with Crippen LogP contribution in [0.2, 0.25) is 0 Å². The summed E-state index contributed by atoms with van der Waals surface area (Å²) in [5, 5.41) is 13.2. The third kappa shape index (κ3) is 2.33. The summed E-state index contributed by atoms with van der Waals surface area (Å²) < 4.78 is 19.9. The largest absolute Gasteiger partial charge is 0.496 e. The normalized spacial score (nSPS) is 10.1. The third-order valence-corrected chi connectivity index (χ3v) is 2.58. The monoisotopic (exact) mass is 245 g/mol. The molecule has 0 amide bonds. The van der Waals surface area contributed by atoms with Crippen LogP contribution in [0.25, 0.3) is 0 Å². The van der Waals surface area contributed by atoms with Gasteiger partial charge in [0, 0.05) is 5.56 Å². The maximum absolute atomic E-state index is 13.2. The summed E-state index contributed by atoms with van der Waals surface area (Å²) in [6.45, 7) is 2.11. The zero-order valence-electron chi connectivity index (χ0n) is 10.1. The Kier molecular flexibility index (Phi) is 3.28. The fraction of sp³-hybridized carbons (Fsp3) is 0.231. The van der Waals surface area contributed by atoms with Crippen molar-refractivity contribution in [2.45, 2.75) is 13.5 Å². The quantitative estimate of drug-likeness (QED) is 0.833. The first kappa shape index (κ1) is 12.1. The minimum atomic E-state index is -0.340. The molecule has 4 nitrogen and oxygen atoms in total. The van der Waals surface area contributed by atoms with Gasteiger partial charge in [0.1, 0.15) is 23.3 Å². The van der Waals surface area contributed by atoms with E-state index in [0.29, 0.717) is 23.6 Å². The highest BCUT2D eigenvalue weighted by Gasteiger charge is 2.10. The van der Waals surface area contributed by atoms with Crippen molar-refractivity contribution in [3.05, 3.63) is 47.0 Å². The first-order valence-corrected chi connectivity index (χ1v) is 5.41. The van der Waals surface area contributed by atoms with E-state index in [-0.39, 0.29) is 5.82 Å². The Morgan fingerprint density at radius 1 is 1.44 bits per heavy atom. The fourth-order valence-electron chi connectivity index (χ4n) is 1.79. The summed E-state index contributed by atoms with van der Waals surface area (Å²) in [4.78, 5) is 0. The summed E-state index contributed by atoms with van der Waals surface area (Å²) >= 11 is 0. The van der Waals surface area contributed by atoms with E-state index in [4.69, 9.17) is 10.00 Å². The molecule has 1 heterocycles. The van der Waals surface area contributed by atoms with E-state index in [0.717, 1.165) is 5.69 Å². The average molecular weight is 245 g/mol. The van der Waals surface area contributed by atoms with Crippen LogP contribution in [0.15, 0.2) is 24.3 Å². The Bertz CT molecular complexity index is 613. The molecule has 0 aliphatic carbocycles. The van der Waals surface area contributed by atoms with Gasteiger partial charge in [-0.1, -0.05) is 0 Å². The van der Waals surface area contributed by atoms with E-state index in [1.54, 1.807) is 19.1 Å². The van der Waals surface area contributed by atoms with Crippen molar-refractivity contribution in [1.82, 2.24) is 9.78 Å². The highest BCUT2D eigenvalue weighted by molar-refractivity contribution is 5.35. The third-order valence-electron chi connectivity index (χ3n) is 2.58. The number of aromatic nitrogens is 2. The summed E-state index contributed by atoms with van der Waals surface area (Å²) in [6, 6.07) is 8.02. The Hall–Kier alpha value is -2.35. The van der Waals surface area contributed by atoms with Crippen LogP contribution in [0, 0.1) is 24.1 Å². The van der Waals surface area contributed by atoms with Crippen LogP contribution >= 0.6 is 0 Å². The van der Waals surface area contributed by atoms with Gasteiger partial charge < -0.3 is 4.74 Å². The van der Waals surface area contributed by atoms with E-state index < -0.39 is 0 Å².